The van der Waals surface area contributed by atoms with Crippen molar-refractivity contribution in [1.29, 1.82) is 0 Å². The Bertz CT molecular complexity index is 1800. The molecule has 0 amide bonds. The number of esters is 1. The molecule has 0 radical (unpaired) electrons. The molecule has 0 aliphatic carbocycles. The van der Waals surface area contributed by atoms with Gasteiger partial charge in [0.1, 0.15) is 58.2 Å². The van der Waals surface area contributed by atoms with E-state index in [1.54, 1.807) is 44.4 Å². The number of allylic oxidation sites excluding steroid dienone is 1. The lowest BCUT2D eigenvalue weighted by Gasteiger charge is -2.43. The van der Waals surface area contributed by atoms with E-state index in [4.69, 9.17) is 25.4 Å². The van der Waals surface area contributed by atoms with Gasteiger partial charge in [-0.1, -0.05) is 12.1 Å². The first-order chi connectivity index (χ1) is 21.1. The standard InChI is InChI=1S/C32H34N4O8/c1-3-19(15-37)31(41)43-24-13-21-28(40)27-23(39)12-20(16-38)42-30(27)22(10-18-7-9-35-26(34)11-18)29(21)44-32(24,2)8-6-17-4-5-25(33)36-14-17/h3-5,7,9,11-12,14,24,37-38,40H,6,8,10,13,15-16H2,1-2H3,(H2,33,36)(H2,34,35)/b19-3-/t24-,32+/m1/s1. The van der Waals surface area contributed by atoms with Gasteiger partial charge in [-0.3, -0.25) is 4.79 Å². The molecule has 230 valence electrons. The van der Waals surface area contributed by atoms with E-state index in [-0.39, 0.29) is 58.0 Å². The van der Waals surface area contributed by atoms with Crippen LogP contribution in [0.15, 0.2) is 63.6 Å². The van der Waals surface area contributed by atoms with Gasteiger partial charge in [0.25, 0.3) is 0 Å². The van der Waals surface area contributed by atoms with E-state index in [9.17, 15) is 24.9 Å². The van der Waals surface area contributed by atoms with Gasteiger partial charge in [0.05, 0.1) is 12.2 Å². The van der Waals surface area contributed by atoms with Crippen LogP contribution in [0, 0.1) is 0 Å². The summed E-state index contributed by atoms with van der Waals surface area (Å²) in [7, 11) is 0. The Hall–Kier alpha value is -4.94. The molecule has 12 heteroatoms. The number of aliphatic hydroxyl groups is 2. The third-order valence-electron chi connectivity index (χ3n) is 7.92. The number of phenolic OH excluding ortho intramolecular Hbond substituents is 1. The van der Waals surface area contributed by atoms with Gasteiger partial charge in [0.15, 0.2) is 5.43 Å². The number of anilines is 2. The SMILES string of the molecule is C/C=C(/CO)C(=O)O[C@@H]1Cc2c(c(Cc3ccnc(N)c3)c3oc(CO)cc(=O)c3c2O)O[C@@]1(C)CCc1ccc(N)nc1. The number of nitrogens with two attached hydrogens (primary N) is 2. The third-order valence-corrected chi connectivity index (χ3v) is 7.92. The summed E-state index contributed by atoms with van der Waals surface area (Å²) in [5.41, 5.74) is 12.4. The first kappa shape index (κ1) is 30.5. The molecule has 2 atom stereocenters. The van der Waals surface area contributed by atoms with Crippen LogP contribution in [0.1, 0.15) is 48.3 Å². The molecule has 5 rings (SSSR count). The van der Waals surface area contributed by atoms with Gasteiger partial charge in [-0.05, 0) is 56.0 Å². The molecule has 0 bridgehead atoms. The minimum absolute atomic E-state index is 0.00552. The Kier molecular flexibility index (Phi) is 8.56. The summed E-state index contributed by atoms with van der Waals surface area (Å²) < 4.78 is 18.6. The maximum atomic E-state index is 13.2. The number of fused-ring (bicyclic) bond motifs is 2. The number of nitrogen functional groups attached to an aromatic ring is 2. The van der Waals surface area contributed by atoms with Crippen LogP contribution in [0.5, 0.6) is 11.5 Å². The van der Waals surface area contributed by atoms with Gasteiger partial charge in [-0.15, -0.1) is 0 Å². The van der Waals surface area contributed by atoms with E-state index >= 15 is 0 Å². The second-order valence-electron chi connectivity index (χ2n) is 10.9. The molecule has 3 aromatic heterocycles. The van der Waals surface area contributed by atoms with Crippen LogP contribution in [0.4, 0.5) is 11.6 Å². The second kappa shape index (κ2) is 12.3. The number of rotatable bonds is 9. The number of aliphatic hydroxyl groups excluding tert-OH is 2. The average Bonchev–Trinajstić information content (AvgIpc) is 3.00. The zero-order chi connectivity index (χ0) is 31.6. The van der Waals surface area contributed by atoms with E-state index in [1.165, 1.54) is 6.08 Å². The number of aromatic hydroxyl groups is 1. The number of hydrogen-bond donors (Lipinski definition) is 5. The lowest BCUT2D eigenvalue weighted by molar-refractivity contribution is -0.159. The van der Waals surface area contributed by atoms with Crippen molar-refractivity contribution in [3.05, 3.63) is 92.6 Å². The lowest BCUT2D eigenvalue weighted by atomic mass is 9.82. The smallest absolute Gasteiger partial charge is 0.336 e. The zero-order valence-electron chi connectivity index (χ0n) is 24.4. The quantitative estimate of drug-likeness (QED) is 0.139. The lowest BCUT2D eigenvalue weighted by Crippen LogP contribution is -2.52. The topological polar surface area (TPSA) is 204 Å². The Morgan fingerprint density at radius 2 is 1.95 bits per heavy atom. The molecule has 1 aliphatic rings. The van der Waals surface area contributed by atoms with Gasteiger partial charge >= 0.3 is 5.97 Å². The predicted octanol–water partition coefficient (Wildman–Crippen LogP) is 2.71. The molecular weight excluding hydrogens is 568 g/mol. The van der Waals surface area contributed by atoms with Crippen LogP contribution in [0.25, 0.3) is 11.0 Å². The minimum Gasteiger partial charge on any atom is -0.507 e. The Balaban J connectivity index is 1.69. The fraction of sp³-hybridized carbons (Fsp3) is 0.312. The molecule has 44 heavy (non-hydrogen) atoms. The molecule has 0 fully saturated rings. The summed E-state index contributed by atoms with van der Waals surface area (Å²) in [4.78, 5) is 34.5. The summed E-state index contributed by atoms with van der Waals surface area (Å²) in [5.74, 6) is -0.151. The van der Waals surface area contributed by atoms with Crippen LogP contribution in [0.2, 0.25) is 0 Å². The second-order valence-corrected chi connectivity index (χ2v) is 10.9. The molecule has 4 aromatic rings. The predicted molar refractivity (Wildman–Crippen MR) is 162 cm³/mol. The number of aryl methyl sites for hydroxylation is 1. The number of phenols is 1. The van der Waals surface area contributed by atoms with Crippen molar-refractivity contribution in [1.82, 2.24) is 9.97 Å². The van der Waals surface area contributed by atoms with Crippen LogP contribution in [0.3, 0.4) is 0 Å². The van der Waals surface area contributed by atoms with E-state index in [0.717, 1.165) is 17.2 Å². The highest BCUT2D eigenvalue weighted by molar-refractivity contribution is 5.91. The average molecular weight is 603 g/mol. The van der Waals surface area contributed by atoms with Crippen molar-refractivity contribution >= 4 is 28.6 Å². The molecule has 0 spiro atoms. The summed E-state index contributed by atoms with van der Waals surface area (Å²) >= 11 is 0. The fourth-order valence-electron chi connectivity index (χ4n) is 5.42. The number of carbonyl (C=O) groups is 1. The van der Waals surface area contributed by atoms with E-state index in [2.05, 4.69) is 9.97 Å². The molecule has 0 saturated heterocycles. The van der Waals surface area contributed by atoms with Crippen LogP contribution in [-0.4, -0.2) is 49.6 Å². The Labute approximate surface area is 252 Å². The number of nitrogens with zero attached hydrogens (tertiary/aromatic N) is 2. The van der Waals surface area contributed by atoms with Gasteiger partial charge in [0, 0.05) is 42.4 Å². The maximum absolute atomic E-state index is 13.2. The summed E-state index contributed by atoms with van der Waals surface area (Å²) in [6.07, 6.45) is 4.74. The van der Waals surface area contributed by atoms with Crippen molar-refractivity contribution in [2.75, 3.05) is 18.1 Å². The third kappa shape index (κ3) is 5.94. The summed E-state index contributed by atoms with van der Waals surface area (Å²) in [5, 5.41) is 30.9. The minimum atomic E-state index is -1.15. The number of pyridine rings is 2. The molecule has 0 unspecified atom stereocenters. The van der Waals surface area contributed by atoms with Gasteiger partial charge in [-0.2, -0.15) is 0 Å². The number of aromatic nitrogens is 2. The van der Waals surface area contributed by atoms with Crippen molar-refractivity contribution < 1.29 is 34.0 Å². The molecule has 1 aliphatic heterocycles. The Morgan fingerprint density at radius 1 is 1.16 bits per heavy atom. The molecule has 1 aromatic carbocycles. The van der Waals surface area contributed by atoms with Gasteiger partial charge < -0.3 is 40.7 Å². The number of benzene rings is 1. The highest BCUT2D eigenvalue weighted by Crippen LogP contribution is 2.48. The van der Waals surface area contributed by atoms with Crippen molar-refractivity contribution in [2.45, 2.75) is 57.8 Å². The van der Waals surface area contributed by atoms with E-state index in [1.807, 2.05) is 6.07 Å². The van der Waals surface area contributed by atoms with E-state index < -0.39 is 36.3 Å². The summed E-state index contributed by atoms with van der Waals surface area (Å²) in [6.45, 7) is 2.36. The largest absolute Gasteiger partial charge is 0.507 e. The van der Waals surface area contributed by atoms with Crippen LogP contribution >= 0.6 is 0 Å². The highest BCUT2D eigenvalue weighted by Gasteiger charge is 2.46. The number of carbonyl (C=O) groups excluding carboxylic acids is 1. The van der Waals surface area contributed by atoms with Crippen LogP contribution < -0.4 is 21.6 Å². The molecular formula is C32H34N4O8. The highest BCUT2D eigenvalue weighted by atomic mass is 16.6. The van der Waals surface area contributed by atoms with Gasteiger partial charge in [0.2, 0.25) is 0 Å². The molecule has 0 saturated carbocycles. The molecule has 7 N–H and O–H groups in total. The molecule has 12 nitrogen and oxygen atoms in total. The molecule has 4 heterocycles. The van der Waals surface area contributed by atoms with Crippen molar-refractivity contribution in [3.63, 3.8) is 0 Å². The van der Waals surface area contributed by atoms with Crippen LogP contribution in [-0.2, 0) is 35.4 Å². The van der Waals surface area contributed by atoms with Crippen molar-refractivity contribution in [3.8, 4) is 11.5 Å². The summed E-state index contributed by atoms with van der Waals surface area (Å²) in [6, 6.07) is 8.08. The normalized spacial score (nSPS) is 18.1. The van der Waals surface area contributed by atoms with Gasteiger partial charge in [-0.25, -0.2) is 14.8 Å². The first-order valence-corrected chi connectivity index (χ1v) is 14.1. The number of ether oxygens (including phenoxy) is 2. The zero-order valence-corrected chi connectivity index (χ0v) is 24.4. The van der Waals surface area contributed by atoms with E-state index in [0.29, 0.717) is 24.2 Å². The number of hydrogen-bond acceptors (Lipinski definition) is 12. The van der Waals surface area contributed by atoms with Crippen molar-refractivity contribution in [2.24, 2.45) is 0 Å². The maximum Gasteiger partial charge on any atom is 0.336 e. The Morgan fingerprint density at radius 3 is 2.61 bits per heavy atom. The fourth-order valence-corrected chi connectivity index (χ4v) is 5.42. The monoisotopic (exact) mass is 602 g/mol. The first-order valence-electron chi connectivity index (χ1n) is 14.1.